The molecule has 0 saturated heterocycles. The van der Waals surface area contributed by atoms with Crippen molar-refractivity contribution in [1.29, 1.82) is 0 Å². The average Bonchev–Trinajstić information content (AvgIpc) is 2.30. The highest BCUT2D eigenvalue weighted by Crippen LogP contribution is 2.29. The molecular weight excluding hydrogens is 236 g/mol. The van der Waals surface area contributed by atoms with E-state index in [2.05, 4.69) is 52.8 Å². The van der Waals surface area contributed by atoms with E-state index < -0.39 is 5.97 Å². The summed E-state index contributed by atoms with van der Waals surface area (Å²) in [6, 6.07) is 6.48. The first-order chi connectivity index (χ1) is 8.75. The highest BCUT2D eigenvalue weighted by molar-refractivity contribution is 5.75. The van der Waals surface area contributed by atoms with Crippen LogP contribution in [-0.2, 0) is 10.2 Å². The molecule has 0 aliphatic carbocycles. The van der Waals surface area contributed by atoms with Crippen LogP contribution in [0.3, 0.4) is 0 Å². The van der Waals surface area contributed by atoms with Crippen LogP contribution in [0.5, 0.6) is 0 Å². The molecule has 0 unspecified atom stereocenters. The summed E-state index contributed by atoms with van der Waals surface area (Å²) in [5, 5.41) is 8.81. The molecule has 1 rings (SSSR count). The van der Waals surface area contributed by atoms with Gasteiger partial charge in [-0.3, -0.25) is 4.79 Å². The van der Waals surface area contributed by atoms with Gasteiger partial charge in [0, 0.05) is 0 Å². The Hall–Kier alpha value is -1.57. The van der Waals surface area contributed by atoms with Gasteiger partial charge >= 0.3 is 5.97 Å². The van der Waals surface area contributed by atoms with Gasteiger partial charge in [0.05, 0.1) is 6.42 Å². The fourth-order valence-electron chi connectivity index (χ4n) is 2.09. The standard InChI is InChI=1S/C17H24O2/c1-6-13(8-10-16(18)19)15-11-14(17(3,4)5)9-7-12(15)2/h7-9,11H,6,10H2,1-5H3,(H,18,19)/b13-8+. The van der Waals surface area contributed by atoms with Gasteiger partial charge in [-0.05, 0) is 41.0 Å². The summed E-state index contributed by atoms with van der Waals surface area (Å²) in [6.45, 7) is 10.7. The van der Waals surface area contributed by atoms with Crippen LogP contribution in [-0.4, -0.2) is 11.1 Å². The molecule has 0 aromatic heterocycles. The van der Waals surface area contributed by atoms with Gasteiger partial charge in [0.1, 0.15) is 0 Å². The second-order valence-corrected chi connectivity index (χ2v) is 5.96. The molecule has 1 aromatic rings. The fraction of sp³-hybridized carbons (Fsp3) is 0.471. The number of aliphatic carboxylic acids is 1. The number of allylic oxidation sites excluding steroid dienone is 1. The van der Waals surface area contributed by atoms with Gasteiger partial charge in [0.2, 0.25) is 0 Å². The number of hydrogen-bond acceptors (Lipinski definition) is 1. The van der Waals surface area contributed by atoms with E-state index in [-0.39, 0.29) is 11.8 Å². The van der Waals surface area contributed by atoms with Gasteiger partial charge in [-0.25, -0.2) is 0 Å². The number of benzene rings is 1. The Morgan fingerprint density at radius 3 is 2.42 bits per heavy atom. The summed E-state index contributed by atoms with van der Waals surface area (Å²) < 4.78 is 0. The normalized spacial score (nSPS) is 12.6. The van der Waals surface area contributed by atoms with Crippen LogP contribution in [0.15, 0.2) is 24.3 Å². The van der Waals surface area contributed by atoms with Crippen LogP contribution in [0.25, 0.3) is 5.57 Å². The number of carboxylic acids is 1. The Morgan fingerprint density at radius 2 is 1.95 bits per heavy atom. The average molecular weight is 260 g/mol. The number of aryl methyl sites for hydroxylation is 1. The lowest BCUT2D eigenvalue weighted by molar-refractivity contribution is -0.135. The largest absolute Gasteiger partial charge is 0.481 e. The molecule has 2 heteroatoms. The van der Waals surface area contributed by atoms with Crippen molar-refractivity contribution in [2.45, 2.75) is 52.9 Å². The second-order valence-electron chi connectivity index (χ2n) is 5.96. The first-order valence-corrected chi connectivity index (χ1v) is 6.78. The van der Waals surface area contributed by atoms with Gasteiger partial charge in [-0.2, -0.15) is 0 Å². The molecule has 0 aliphatic heterocycles. The van der Waals surface area contributed by atoms with Crippen molar-refractivity contribution in [1.82, 2.24) is 0 Å². The second kappa shape index (κ2) is 6.05. The Morgan fingerprint density at radius 1 is 1.32 bits per heavy atom. The molecule has 0 fully saturated rings. The molecule has 104 valence electrons. The van der Waals surface area contributed by atoms with E-state index in [1.807, 2.05) is 6.08 Å². The highest BCUT2D eigenvalue weighted by Gasteiger charge is 2.15. The molecule has 0 aliphatic rings. The van der Waals surface area contributed by atoms with E-state index >= 15 is 0 Å². The summed E-state index contributed by atoms with van der Waals surface area (Å²) in [4.78, 5) is 10.7. The minimum absolute atomic E-state index is 0.0857. The van der Waals surface area contributed by atoms with E-state index in [0.717, 1.165) is 12.0 Å². The Bertz CT molecular complexity index is 490. The lowest BCUT2D eigenvalue weighted by Crippen LogP contribution is -2.11. The predicted octanol–water partition coefficient (Wildman–Crippen LogP) is 4.56. The van der Waals surface area contributed by atoms with E-state index in [9.17, 15) is 4.79 Å². The van der Waals surface area contributed by atoms with Crippen molar-refractivity contribution < 1.29 is 9.90 Å². The molecule has 0 heterocycles. The van der Waals surface area contributed by atoms with Gasteiger partial charge in [0.15, 0.2) is 0 Å². The van der Waals surface area contributed by atoms with Gasteiger partial charge in [-0.1, -0.05) is 52.0 Å². The molecule has 0 spiro atoms. The fourth-order valence-corrected chi connectivity index (χ4v) is 2.09. The molecule has 0 saturated carbocycles. The monoisotopic (exact) mass is 260 g/mol. The van der Waals surface area contributed by atoms with Gasteiger partial charge < -0.3 is 5.11 Å². The smallest absolute Gasteiger partial charge is 0.307 e. The Balaban J connectivity index is 3.23. The van der Waals surface area contributed by atoms with E-state index in [0.29, 0.717) is 0 Å². The van der Waals surface area contributed by atoms with Gasteiger partial charge in [-0.15, -0.1) is 0 Å². The quantitative estimate of drug-likeness (QED) is 0.861. The molecule has 0 bridgehead atoms. The molecule has 1 aromatic carbocycles. The molecule has 0 radical (unpaired) electrons. The summed E-state index contributed by atoms with van der Waals surface area (Å²) in [5.41, 5.74) is 4.88. The topological polar surface area (TPSA) is 37.3 Å². The van der Waals surface area contributed by atoms with Crippen molar-refractivity contribution in [3.05, 3.63) is 41.0 Å². The Kier molecular flexibility index (Phi) is 4.93. The van der Waals surface area contributed by atoms with E-state index in [1.165, 1.54) is 16.7 Å². The van der Waals surface area contributed by atoms with Crippen LogP contribution in [0.2, 0.25) is 0 Å². The maximum Gasteiger partial charge on any atom is 0.307 e. The first kappa shape index (κ1) is 15.5. The zero-order chi connectivity index (χ0) is 14.6. The van der Waals surface area contributed by atoms with Gasteiger partial charge in [0.25, 0.3) is 0 Å². The zero-order valence-corrected chi connectivity index (χ0v) is 12.6. The van der Waals surface area contributed by atoms with E-state index in [4.69, 9.17) is 5.11 Å². The van der Waals surface area contributed by atoms with Crippen LogP contribution in [0.1, 0.15) is 57.2 Å². The maximum atomic E-state index is 10.7. The van der Waals surface area contributed by atoms with Crippen molar-refractivity contribution in [3.8, 4) is 0 Å². The summed E-state index contributed by atoms with van der Waals surface area (Å²) >= 11 is 0. The molecule has 2 nitrogen and oxygen atoms in total. The molecular formula is C17H24O2. The van der Waals surface area contributed by atoms with Crippen LogP contribution < -0.4 is 0 Å². The SMILES string of the molecule is CC/C(=C\CC(=O)O)c1cc(C(C)(C)C)ccc1C. The highest BCUT2D eigenvalue weighted by atomic mass is 16.4. The zero-order valence-electron chi connectivity index (χ0n) is 12.6. The van der Waals surface area contributed by atoms with Crippen molar-refractivity contribution in [2.75, 3.05) is 0 Å². The summed E-state index contributed by atoms with van der Waals surface area (Å²) in [6.07, 6.45) is 2.77. The predicted molar refractivity (Wildman–Crippen MR) is 80.4 cm³/mol. The van der Waals surface area contributed by atoms with Crippen LogP contribution in [0, 0.1) is 6.92 Å². The minimum Gasteiger partial charge on any atom is -0.481 e. The van der Waals surface area contributed by atoms with Crippen molar-refractivity contribution >= 4 is 11.5 Å². The van der Waals surface area contributed by atoms with Crippen molar-refractivity contribution in [3.63, 3.8) is 0 Å². The number of rotatable bonds is 4. The number of carbonyl (C=O) groups is 1. The Labute approximate surface area is 116 Å². The van der Waals surface area contributed by atoms with Crippen LogP contribution >= 0.6 is 0 Å². The molecule has 0 amide bonds. The molecule has 0 atom stereocenters. The minimum atomic E-state index is -0.782. The third kappa shape index (κ3) is 4.23. The number of carboxylic acid groups (broad SMARTS) is 1. The molecule has 1 N–H and O–H groups in total. The van der Waals surface area contributed by atoms with Crippen LogP contribution in [0.4, 0.5) is 0 Å². The lowest BCUT2D eigenvalue weighted by atomic mass is 9.84. The third-order valence-corrected chi connectivity index (χ3v) is 3.35. The van der Waals surface area contributed by atoms with Crippen molar-refractivity contribution in [2.24, 2.45) is 0 Å². The number of hydrogen-bond donors (Lipinski definition) is 1. The first-order valence-electron chi connectivity index (χ1n) is 6.78. The summed E-state index contributed by atoms with van der Waals surface area (Å²) in [5.74, 6) is -0.782. The van der Waals surface area contributed by atoms with E-state index in [1.54, 1.807) is 0 Å². The lowest BCUT2D eigenvalue weighted by Gasteiger charge is -2.21. The summed E-state index contributed by atoms with van der Waals surface area (Å²) in [7, 11) is 0. The maximum absolute atomic E-state index is 10.7. The third-order valence-electron chi connectivity index (χ3n) is 3.35. The molecule has 19 heavy (non-hydrogen) atoms.